The summed E-state index contributed by atoms with van der Waals surface area (Å²) >= 11 is 5.41. The summed E-state index contributed by atoms with van der Waals surface area (Å²) in [5.74, 6) is -0.203. The number of aryl methyl sites for hydroxylation is 2. The average molecular weight is 339 g/mol. The molecule has 0 aliphatic carbocycles. The molecular formula is C17H17N5OS. The van der Waals surface area contributed by atoms with Crippen LogP contribution in [0.15, 0.2) is 48.5 Å². The van der Waals surface area contributed by atoms with Gasteiger partial charge in [-0.25, -0.2) is 4.68 Å². The third-order valence-corrected chi connectivity index (χ3v) is 3.97. The molecule has 6 nitrogen and oxygen atoms in total. The van der Waals surface area contributed by atoms with Crippen molar-refractivity contribution >= 4 is 23.8 Å². The molecule has 0 radical (unpaired) electrons. The van der Waals surface area contributed by atoms with Crippen molar-refractivity contribution in [2.75, 3.05) is 5.32 Å². The average Bonchev–Trinajstić information content (AvgIpc) is 2.91. The molecule has 3 aromatic rings. The number of hydrogen-bond donors (Lipinski definition) is 1. The van der Waals surface area contributed by atoms with E-state index in [-0.39, 0.29) is 12.5 Å². The quantitative estimate of drug-likeness (QED) is 0.742. The Hall–Kier alpha value is -2.80. The second-order valence-corrected chi connectivity index (χ2v) is 5.90. The maximum absolute atomic E-state index is 12.1. The molecule has 0 atom stereocenters. The molecule has 0 fully saturated rings. The highest BCUT2D eigenvalue weighted by Gasteiger charge is 2.11. The van der Waals surface area contributed by atoms with Crippen LogP contribution in [0, 0.1) is 18.6 Å². The van der Waals surface area contributed by atoms with E-state index in [0.717, 1.165) is 22.5 Å². The third kappa shape index (κ3) is 3.41. The van der Waals surface area contributed by atoms with Gasteiger partial charge in [0.2, 0.25) is 10.7 Å². The van der Waals surface area contributed by atoms with Gasteiger partial charge in [0.25, 0.3) is 0 Å². The van der Waals surface area contributed by atoms with Gasteiger partial charge in [-0.2, -0.15) is 4.68 Å². The topological polar surface area (TPSA) is 64.7 Å². The highest BCUT2D eigenvalue weighted by molar-refractivity contribution is 7.71. The van der Waals surface area contributed by atoms with E-state index in [2.05, 4.69) is 15.7 Å². The second kappa shape index (κ2) is 6.76. The molecule has 1 aromatic heterocycles. The van der Waals surface area contributed by atoms with Crippen LogP contribution in [0.1, 0.15) is 11.1 Å². The van der Waals surface area contributed by atoms with Crippen molar-refractivity contribution < 1.29 is 4.79 Å². The summed E-state index contributed by atoms with van der Waals surface area (Å²) in [7, 11) is 0. The van der Waals surface area contributed by atoms with E-state index in [4.69, 9.17) is 12.2 Å². The lowest BCUT2D eigenvalue weighted by Gasteiger charge is -2.06. The molecular weight excluding hydrogens is 322 g/mol. The van der Waals surface area contributed by atoms with Crippen LogP contribution in [0.3, 0.4) is 0 Å². The molecule has 2 aromatic carbocycles. The number of nitrogens with zero attached hydrogens (tertiary/aromatic N) is 4. The van der Waals surface area contributed by atoms with Gasteiger partial charge in [0.15, 0.2) is 0 Å². The van der Waals surface area contributed by atoms with Crippen LogP contribution < -0.4 is 5.32 Å². The molecule has 1 N–H and O–H groups in total. The van der Waals surface area contributed by atoms with Gasteiger partial charge in [-0.05, 0) is 65.8 Å². The predicted octanol–water partition coefficient (Wildman–Crippen LogP) is 3.05. The summed E-state index contributed by atoms with van der Waals surface area (Å²) in [5.41, 5.74) is 3.75. The number of rotatable bonds is 4. The van der Waals surface area contributed by atoms with Crippen molar-refractivity contribution in [3.05, 3.63) is 64.4 Å². The van der Waals surface area contributed by atoms with Crippen LogP contribution in [0.25, 0.3) is 5.69 Å². The fourth-order valence-electron chi connectivity index (χ4n) is 2.33. The van der Waals surface area contributed by atoms with Crippen molar-refractivity contribution in [2.45, 2.75) is 20.4 Å². The minimum Gasteiger partial charge on any atom is -0.324 e. The lowest BCUT2D eigenvalue weighted by Crippen LogP contribution is -2.19. The van der Waals surface area contributed by atoms with Crippen molar-refractivity contribution in [2.24, 2.45) is 0 Å². The van der Waals surface area contributed by atoms with Gasteiger partial charge in [0, 0.05) is 5.69 Å². The van der Waals surface area contributed by atoms with E-state index in [0.29, 0.717) is 4.77 Å². The zero-order valence-corrected chi connectivity index (χ0v) is 14.2. The summed E-state index contributed by atoms with van der Waals surface area (Å²) < 4.78 is 3.37. The highest BCUT2D eigenvalue weighted by atomic mass is 32.1. The Morgan fingerprint density at radius 3 is 2.62 bits per heavy atom. The molecule has 1 heterocycles. The number of anilines is 1. The molecule has 24 heavy (non-hydrogen) atoms. The number of amides is 1. The van der Waals surface area contributed by atoms with E-state index >= 15 is 0 Å². The molecule has 0 aliphatic rings. The summed E-state index contributed by atoms with van der Waals surface area (Å²) in [6.45, 7) is 4.00. The standard InChI is InChI=1S/C17H17N5OS/c1-12-8-9-13(2)15(10-12)22-17(24)21(19-20-22)11-16(23)18-14-6-4-3-5-7-14/h3-10H,11H2,1-2H3,(H,18,23). The number of nitrogens with one attached hydrogen (secondary N) is 1. The van der Waals surface area contributed by atoms with E-state index in [1.54, 1.807) is 4.68 Å². The monoisotopic (exact) mass is 339 g/mol. The Kier molecular flexibility index (Phi) is 4.52. The normalized spacial score (nSPS) is 10.6. The molecule has 0 spiro atoms. The molecule has 0 saturated heterocycles. The molecule has 122 valence electrons. The maximum Gasteiger partial charge on any atom is 0.246 e. The molecule has 1 amide bonds. The smallest absolute Gasteiger partial charge is 0.246 e. The number of carbonyl (C=O) groups excluding carboxylic acids is 1. The van der Waals surface area contributed by atoms with Crippen molar-refractivity contribution in [3.63, 3.8) is 0 Å². The van der Waals surface area contributed by atoms with Crippen molar-refractivity contribution in [1.29, 1.82) is 0 Å². The van der Waals surface area contributed by atoms with Crippen LogP contribution >= 0.6 is 12.2 Å². The van der Waals surface area contributed by atoms with Gasteiger partial charge in [0.1, 0.15) is 6.54 Å². The van der Waals surface area contributed by atoms with Gasteiger partial charge in [-0.3, -0.25) is 4.79 Å². The van der Waals surface area contributed by atoms with Crippen LogP contribution in [-0.2, 0) is 11.3 Å². The first kappa shape index (κ1) is 16.1. The maximum atomic E-state index is 12.1. The third-order valence-electron chi connectivity index (χ3n) is 3.58. The van der Waals surface area contributed by atoms with Gasteiger partial charge >= 0.3 is 0 Å². The fourth-order valence-corrected chi connectivity index (χ4v) is 2.57. The van der Waals surface area contributed by atoms with Gasteiger partial charge in [-0.15, -0.1) is 0 Å². The molecule has 0 bridgehead atoms. The minimum absolute atomic E-state index is 0.0125. The van der Waals surface area contributed by atoms with E-state index < -0.39 is 0 Å². The molecule has 3 rings (SSSR count). The summed E-state index contributed by atoms with van der Waals surface area (Å²) in [4.78, 5) is 12.1. The van der Waals surface area contributed by atoms with E-state index in [9.17, 15) is 4.79 Å². The predicted molar refractivity (Wildman–Crippen MR) is 94.7 cm³/mol. The SMILES string of the molecule is Cc1ccc(C)c(-n2nnn(CC(=O)Nc3ccccc3)c2=S)c1. The van der Waals surface area contributed by atoms with Crippen molar-refractivity contribution in [1.82, 2.24) is 19.8 Å². The Morgan fingerprint density at radius 2 is 1.88 bits per heavy atom. The van der Waals surface area contributed by atoms with E-state index in [1.807, 2.05) is 62.4 Å². The lowest BCUT2D eigenvalue weighted by molar-refractivity contribution is -0.116. The van der Waals surface area contributed by atoms with E-state index in [1.165, 1.54) is 4.68 Å². The summed E-state index contributed by atoms with van der Waals surface area (Å²) in [6, 6.07) is 15.3. The Morgan fingerprint density at radius 1 is 1.12 bits per heavy atom. The lowest BCUT2D eigenvalue weighted by atomic mass is 10.1. The number of para-hydroxylation sites is 1. The van der Waals surface area contributed by atoms with Gasteiger partial charge < -0.3 is 5.32 Å². The number of benzene rings is 2. The number of carbonyl (C=O) groups is 1. The number of aromatic nitrogens is 4. The Bertz CT molecular complexity index is 930. The van der Waals surface area contributed by atoms with Gasteiger partial charge in [-0.1, -0.05) is 30.3 Å². The van der Waals surface area contributed by atoms with Crippen LogP contribution in [-0.4, -0.2) is 25.7 Å². The molecule has 0 aliphatic heterocycles. The zero-order chi connectivity index (χ0) is 17.1. The Balaban J connectivity index is 1.81. The van der Waals surface area contributed by atoms with Crippen LogP contribution in [0.5, 0.6) is 0 Å². The fraction of sp³-hybridized carbons (Fsp3) is 0.176. The Labute approximate surface area is 144 Å². The first-order valence-electron chi connectivity index (χ1n) is 7.50. The highest BCUT2D eigenvalue weighted by Crippen LogP contribution is 2.15. The number of hydrogen-bond acceptors (Lipinski definition) is 4. The van der Waals surface area contributed by atoms with Crippen LogP contribution in [0.2, 0.25) is 0 Å². The summed E-state index contributed by atoms with van der Waals surface area (Å²) in [5, 5.41) is 10.9. The minimum atomic E-state index is -0.203. The van der Waals surface area contributed by atoms with Crippen molar-refractivity contribution in [3.8, 4) is 5.69 Å². The molecule has 7 heteroatoms. The van der Waals surface area contributed by atoms with Gasteiger partial charge in [0.05, 0.1) is 5.69 Å². The first-order chi connectivity index (χ1) is 11.5. The second-order valence-electron chi connectivity index (χ2n) is 5.54. The largest absolute Gasteiger partial charge is 0.324 e. The molecule has 0 unspecified atom stereocenters. The zero-order valence-electron chi connectivity index (χ0n) is 13.4. The molecule has 0 saturated carbocycles. The first-order valence-corrected chi connectivity index (χ1v) is 7.91. The van der Waals surface area contributed by atoms with Crippen LogP contribution in [0.4, 0.5) is 5.69 Å². The summed E-state index contributed by atoms with van der Waals surface area (Å²) in [6.07, 6.45) is 0. The number of tetrazole rings is 1.